The van der Waals surface area contributed by atoms with E-state index in [-0.39, 0.29) is 71.2 Å². The van der Waals surface area contributed by atoms with Crippen LogP contribution in [-0.4, -0.2) is 83.0 Å². The molecule has 3 aliphatic rings. The Labute approximate surface area is 304 Å². The van der Waals surface area contributed by atoms with Gasteiger partial charge in [0.25, 0.3) is 11.5 Å². The minimum absolute atomic E-state index is 0.0386. The highest BCUT2D eigenvalue weighted by Crippen LogP contribution is 2.48. The number of carbonyl (C=O) groups excluding carboxylic acids is 3. The standard InChI is InChI=1S/C35H34ClF3N8O6/c1-19-29-27(34(53-19)10-15-45(16-11-34)32(52)28-25(49)6-3-12-40-28)31(51)47-33(42-30(43-47)21-5-4-13-44(14-9-21)20(2)48)46(29)18-26(50)41-24-8-7-22(17-23(24)36)35(37,38)39/h3,5-8,12,17,19,49H,4,9-11,13-16,18H2,1-2H3,(H,41,50)/t19-/m1/s1. The first-order valence-corrected chi connectivity index (χ1v) is 17.3. The number of piperidine rings is 1. The molecule has 278 valence electrons. The molecule has 0 saturated carbocycles. The Kier molecular flexibility index (Phi) is 9.26. The molecular weight excluding hydrogens is 721 g/mol. The van der Waals surface area contributed by atoms with Gasteiger partial charge in [-0.25, -0.2) is 4.98 Å². The van der Waals surface area contributed by atoms with Crippen LogP contribution in [0.1, 0.15) is 78.8 Å². The van der Waals surface area contributed by atoms with Crippen molar-refractivity contribution >= 4 is 46.4 Å². The van der Waals surface area contributed by atoms with Crippen molar-refractivity contribution < 1.29 is 37.4 Å². The molecule has 2 N–H and O–H groups in total. The number of nitrogens with one attached hydrogen (secondary N) is 1. The van der Waals surface area contributed by atoms with Crippen molar-refractivity contribution in [2.45, 2.75) is 64.0 Å². The van der Waals surface area contributed by atoms with Gasteiger partial charge in [0, 0.05) is 39.3 Å². The molecule has 3 aliphatic heterocycles. The molecular formula is C35H34ClF3N8O6. The number of carbonyl (C=O) groups is 3. The van der Waals surface area contributed by atoms with Crippen LogP contribution in [0.3, 0.4) is 0 Å². The third kappa shape index (κ3) is 6.63. The molecule has 1 saturated heterocycles. The van der Waals surface area contributed by atoms with Gasteiger partial charge < -0.3 is 29.5 Å². The maximum absolute atomic E-state index is 14.5. The van der Waals surface area contributed by atoms with Crippen LogP contribution in [0.4, 0.5) is 18.9 Å². The van der Waals surface area contributed by atoms with Crippen LogP contribution in [0.2, 0.25) is 5.02 Å². The molecule has 1 fully saturated rings. The van der Waals surface area contributed by atoms with E-state index in [1.165, 1.54) is 34.7 Å². The summed E-state index contributed by atoms with van der Waals surface area (Å²) in [5.74, 6) is -1.18. The summed E-state index contributed by atoms with van der Waals surface area (Å²) in [5.41, 5.74) is -1.47. The average molecular weight is 755 g/mol. The van der Waals surface area contributed by atoms with E-state index in [1.807, 2.05) is 6.08 Å². The average Bonchev–Trinajstić information content (AvgIpc) is 3.56. The lowest BCUT2D eigenvalue weighted by Crippen LogP contribution is -2.47. The maximum atomic E-state index is 14.5. The zero-order valence-electron chi connectivity index (χ0n) is 28.6. The third-order valence-electron chi connectivity index (χ3n) is 9.92. The van der Waals surface area contributed by atoms with Gasteiger partial charge in [-0.1, -0.05) is 17.7 Å². The largest absolute Gasteiger partial charge is 0.505 e. The molecule has 0 radical (unpaired) electrons. The van der Waals surface area contributed by atoms with Gasteiger partial charge in [0.15, 0.2) is 11.5 Å². The Bertz CT molecular complexity index is 2240. The molecule has 7 rings (SSSR count). The molecule has 53 heavy (non-hydrogen) atoms. The Morgan fingerprint density at radius 2 is 1.87 bits per heavy atom. The number of pyridine rings is 1. The fourth-order valence-corrected chi connectivity index (χ4v) is 7.56. The van der Waals surface area contributed by atoms with Gasteiger partial charge in [-0.15, -0.1) is 5.10 Å². The number of amides is 3. The molecule has 1 spiro atoms. The zero-order valence-corrected chi connectivity index (χ0v) is 29.4. The van der Waals surface area contributed by atoms with E-state index < -0.39 is 47.4 Å². The van der Waals surface area contributed by atoms with Crippen molar-refractivity contribution in [3.63, 3.8) is 0 Å². The molecule has 4 aromatic rings. The molecule has 0 unspecified atom stereocenters. The van der Waals surface area contributed by atoms with Crippen LogP contribution in [0.25, 0.3) is 11.4 Å². The molecule has 3 amide bonds. The monoisotopic (exact) mass is 754 g/mol. The number of aromatic nitrogens is 5. The smallest absolute Gasteiger partial charge is 0.416 e. The van der Waals surface area contributed by atoms with Crippen LogP contribution in [-0.2, 0) is 32.6 Å². The van der Waals surface area contributed by atoms with Crippen molar-refractivity contribution in [2.24, 2.45) is 0 Å². The van der Waals surface area contributed by atoms with E-state index >= 15 is 0 Å². The van der Waals surface area contributed by atoms with Crippen LogP contribution >= 0.6 is 11.6 Å². The quantitative estimate of drug-likeness (QED) is 0.298. The number of aromatic hydroxyl groups is 1. The Balaban J connectivity index is 1.27. The van der Waals surface area contributed by atoms with Gasteiger partial charge in [0.1, 0.15) is 17.9 Å². The second kappa shape index (κ2) is 13.6. The van der Waals surface area contributed by atoms with Gasteiger partial charge in [-0.2, -0.15) is 22.7 Å². The summed E-state index contributed by atoms with van der Waals surface area (Å²) in [6.07, 6.45) is -0.670. The van der Waals surface area contributed by atoms with Crippen molar-refractivity contribution in [1.82, 2.24) is 33.9 Å². The van der Waals surface area contributed by atoms with E-state index in [2.05, 4.69) is 15.4 Å². The highest BCUT2D eigenvalue weighted by Gasteiger charge is 2.50. The molecule has 14 nitrogen and oxygen atoms in total. The second-order valence-corrected chi connectivity index (χ2v) is 13.6. The van der Waals surface area contributed by atoms with Gasteiger partial charge >= 0.3 is 6.18 Å². The van der Waals surface area contributed by atoms with Gasteiger partial charge in [0.05, 0.1) is 33.6 Å². The fourth-order valence-electron chi connectivity index (χ4n) is 7.33. The van der Waals surface area contributed by atoms with Crippen LogP contribution in [0.15, 0.2) is 47.4 Å². The summed E-state index contributed by atoms with van der Waals surface area (Å²) < 4.78 is 49.0. The normalized spacial score (nSPS) is 18.5. The summed E-state index contributed by atoms with van der Waals surface area (Å²) >= 11 is 6.14. The first-order chi connectivity index (χ1) is 25.2. The van der Waals surface area contributed by atoms with Crippen molar-refractivity contribution in [3.8, 4) is 5.75 Å². The van der Waals surface area contributed by atoms with Crippen LogP contribution in [0.5, 0.6) is 5.75 Å². The second-order valence-electron chi connectivity index (χ2n) is 13.2. The number of alkyl halides is 3. The summed E-state index contributed by atoms with van der Waals surface area (Å²) in [6.45, 7) is 4.04. The van der Waals surface area contributed by atoms with Crippen LogP contribution in [0, 0.1) is 0 Å². The minimum Gasteiger partial charge on any atom is -0.505 e. The van der Waals surface area contributed by atoms with E-state index in [4.69, 9.17) is 21.3 Å². The van der Waals surface area contributed by atoms with Gasteiger partial charge in [-0.3, -0.25) is 19.2 Å². The molecule has 18 heteroatoms. The van der Waals surface area contributed by atoms with Crippen molar-refractivity contribution in [1.29, 1.82) is 0 Å². The third-order valence-corrected chi connectivity index (χ3v) is 10.2. The minimum atomic E-state index is -4.63. The number of benzene rings is 1. The SMILES string of the molecule is CC(=O)N1CCC=C(c2nc3n(CC(=O)Nc4ccc(C(F)(F)F)cc4Cl)c4c(c(=O)n3n2)C2(CCN(C(=O)c3ncccc3O)CC2)O[C@@H]4C)CC1. The number of hydrogen-bond acceptors (Lipinski definition) is 9. The first kappa shape index (κ1) is 36.1. The highest BCUT2D eigenvalue weighted by atomic mass is 35.5. The number of likely N-dealkylation sites (tertiary alicyclic amines) is 1. The van der Waals surface area contributed by atoms with Gasteiger partial charge in [-0.05, 0) is 68.5 Å². The van der Waals surface area contributed by atoms with E-state index in [0.29, 0.717) is 37.2 Å². The highest BCUT2D eigenvalue weighted by molar-refractivity contribution is 6.33. The number of halogens is 4. The lowest BCUT2D eigenvalue weighted by atomic mass is 9.85. The summed E-state index contributed by atoms with van der Waals surface area (Å²) in [5, 5.41) is 17.1. The van der Waals surface area contributed by atoms with Crippen molar-refractivity contribution in [2.75, 3.05) is 31.5 Å². The number of ether oxygens (including phenoxy) is 1. The van der Waals surface area contributed by atoms with E-state index in [1.54, 1.807) is 11.8 Å². The lowest BCUT2D eigenvalue weighted by Gasteiger charge is -2.39. The molecule has 0 bridgehead atoms. The molecule has 0 aliphatic carbocycles. The maximum Gasteiger partial charge on any atom is 0.416 e. The van der Waals surface area contributed by atoms with E-state index in [0.717, 1.165) is 22.7 Å². The van der Waals surface area contributed by atoms with Gasteiger partial charge in [0.2, 0.25) is 17.6 Å². The summed E-state index contributed by atoms with van der Waals surface area (Å²) in [4.78, 5) is 65.4. The zero-order chi connectivity index (χ0) is 37.8. The predicted molar refractivity (Wildman–Crippen MR) is 184 cm³/mol. The predicted octanol–water partition coefficient (Wildman–Crippen LogP) is 4.55. The topological polar surface area (TPSA) is 164 Å². The molecule has 3 aromatic heterocycles. The summed E-state index contributed by atoms with van der Waals surface area (Å²) in [6, 6.07) is 5.47. The fraction of sp³-hybridized carbons (Fsp3) is 0.400. The Morgan fingerprint density at radius 1 is 1.11 bits per heavy atom. The summed E-state index contributed by atoms with van der Waals surface area (Å²) in [7, 11) is 0. The molecule has 1 aromatic carbocycles. The Hall–Kier alpha value is -5.29. The number of rotatable bonds is 5. The number of anilines is 1. The van der Waals surface area contributed by atoms with Crippen LogP contribution < -0.4 is 10.9 Å². The number of hydrogen-bond donors (Lipinski definition) is 2. The molecule has 6 heterocycles. The van der Waals surface area contributed by atoms with E-state index in [9.17, 15) is 37.5 Å². The lowest BCUT2D eigenvalue weighted by molar-refractivity contribution is -0.137. The first-order valence-electron chi connectivity index (χ1n) is 16.9. The number of nitrogens with zero attached hydrogens (tertiary/aromatic N) is 7. The van der Waals surface area contributed by atoms with Crippen molar-refractivity contribution in [3.05, 3.63) is 86.3 Å². The number of fused-ring (bicyclic) bond motifs is 3. The molecule has 1 atom stereocenters. The Morgan fingerprint density at radius 3 is 2.55 bits per heavy atom.